The molecule has 3 aromatic rings. The summed E-state index contributed by atoms with van der Waals surface area (Å²) in [7, 11) is 1.71. The molecule has 0 aliphatic heterocycles. The number of amides is 1. The van der Waals surface area contributed by atoms with E-state index < -0.39 is 0 Å². The van der Waals surface area contributed by atoms with Gasteiger partial charge in [0.1, 0.15) is 5.58 Å². The van der Waals surface area contributed by atoms with Gasteiger partial charge >= 0.3 is 0 Å². The van der Waals surface area contributed by atoms with Crippen LogP contribution in [0, 0.1) is 0 Å². The van der Waals surface area contributed by atoms with E-state index in [0.29, 0.717) is 27.9 Å². The molecule has 0 bridgehead atoms. The van der Waals surface area contributed by atoms with Crippen LogP contribution in [0.2, 0.25) is 10.0 Å². The van der Waals surface area contributed by atoms with E-state index in [9.17, 15) is 4.79 Å². The van der Waals surface area contributed by atoms with Crippen molar-refractivity contribution in [1.82, 2.24) is 4.90 Å². The van der Waals surface area contributed by atoms with Gasteiger partial charge in [0.05, 0.1) is 0 Å². The summed E-state index contributed by atoms with van der Waals surface area (Å²) in [5, 5.41) is 2.01. The molecule has 3 rings (SSSR count). The van der Waals surface area contributed by atoms with Crippen molar-refractivity contribution in [1.29, 1.82) is 0 Å². The molecule has 0 spiro atoms. The van der Waals surface area contributed by atoms with Gasteiger partial charge in [-0.3, -0.25) is 4.79 Å². The number of rotatable bonds is 3. The smallest absolute Gasteiger partial charge is 0.289 e. The van der Waals surface area contributed by atoms with Crippen molar-refractivity contribution in [2.75, 3.05) is 7.05 Å². The van der Waals surface area contributed by atoms with Gasteiger partial charge in [-0.25, -0.2) is 0 Å². The zero-order chi connectivity index (χ0) is 15.7. The third-order valence-corrected chi connectivity index (χ3v) is 3.99. The van der Waals surface area contributed by atoms with Gasteiger partial charge in [0, 0.05) is 29.0 Å². The van der Waals surface area contributed by atoms with Crippen LogP contribution in [0.15, 0.2) is 52.9 Å². The Balaban J connectivity index is 1.81. The molecule has 22 heavy (non-hydrogen) atoms. The quantitative estimate of drug-likeness (QED) is 0.674. The molecule has 1 amide bonds. The molecule has 2 aromatic carbocycles. The summed E-state index contributed by atoms with van der Waals surface area (Å²) in [6, 6.07) is 14.5. The molecular weight excluding hydrogens is 321 g/mol. The maximum Gasteiger partial charge on any atom is 0.289 e. The lowest BCUT2D eigenvalue weighted by molar-refractivity contribution is 0.0756. The molecule has 112 valence electrons. The maximum absolute atomic E-state index is 12.5. The number of carbonyl (C=O) groups excluding carboxylic acids is 1. The highest BCUT2D eigenvalue weighted by atomic mass is 35.5. The lowest BCUT2D eigenvalue weighted by Gasteiger charge is -2.16. The summed E-state index contributed by atoms with van der Waals surface area (Å²) in [4.78, 5) is 14.0. The number of hydrogen-bond donors (Lipinski definition) is 0. The standard InChI is InChI=1S/C17H13Cl2NO2/c1-20(10-12-6-7-13(18)9-14(12)19)17(21)16-8-11-4-2-3-5-15(11)22-16/h2-9H,10H2,1H3. The van der Waals surface area contributed by atoms with Gasteiger partial charge in [-0.15, -0.1) is 0 Å². The van der Waals surface area contributed by atoms with Crippen molar-refractivity contribution < 1.29 is 9.21 Å². The first-order valence-electron chi connectivity index (χ1n) is 6.72. The Kier molecular flexibility index (Phi) is 4.10. The second-order valence-corrected chi connectivity index (χ2v) is 5.89. The Morgan fingerprint density at radius 1 is 1.14 bits per heavy atom. The van der Waals surface area contributed by atoms with E-state index in [2.05, 4.69) is 0 Å². The van der Waals surface area contributed by atoms with E-state index in [1.807, 2.05) is 30.3 Å². The van der Waals surface area contributed by atoms with E-state index in [0.717, 1.165) is 10.9 Å². The molecule has 0 unspecified atom stereocenters. The van der Waals surface area contributed by atoms with Crippen molar-refractivity contribution >= 4 is 40.1 Å². The van der Waals surface area contributed by atoms with Crippen LogP contribution in [0.1, 0.15) is 16.1 Å². The van der Waals surface area contributed by atoms with E-state index in [1.54, 1.807) is 30.1 Å². The van der Waals surface area contributed by atoms with Crippen molar-refractivity contribution in [2.24, 2.45) is 0 Å². The lowest BCUT2D eigenvalue weighted by atomic mass is 10.2. The Bertz CT molecular complexity index is 809. The number of fused-ring (bicyclic) bond motifs is 1. The zero-order valence-electron chi connectivity index (χ0n) is 11.8. The molecule has 1 heterocycles. The van der Waals surface area contributed by atoms with Crippen LogP contribution >= 0.6 is 23.2 Å². The monoisotopic (exact) mass is 333 g/mol. The molecular formula is C17H13Cl2NO2. The molecule has 5 heteroatoms. The molecule has 0 fully saturated rings. The Labute approximate surface area is 138 Å². The van der Waals surface area contributed by atoms with E-state index >= 15 is 0 Å². The largest absolute Gasteiger partial charge is 0.451 e. The minimum atomic E-state index is -0.192. The lowest BCUT2D eigenvalue weighted by Crippen LogP contribution is -2.25. The molecule has 0 saturated heterocycles. The fourth-order valence-electron chi connectivity index (χ4n) is 2.25. The molecule has 1 aromatic heterocycles. The van der Waals surface area contributed by atoms with E-state index in [1.165, 1.54) is 0 Å². The van der Waals surface area contributed by atoms with Crippen molar-refractivity contribution in [3.63, 3.8) is 0 Å². The van der Waals surface area contributed by atoms with Gasteiger partial charge in [0.2, 0.25) is 0 Å². The summed E-state index contributed by atoms with van der Waals surface area (Å²) in [6.07, 6.45) is 0. The van der Waals surface area contributed by atoms with Gasteiger partial charge in [-0.2, -0.15) is 0 Å². The first kappa shape index (κ1) is 14.9. The van der Waals surface area contributed by atoms with Crippen molar-refractivity contribution in [2.45, 2.75) is 6.54 Å². The second-order valence-electron chi connectivity index (χ2n) is 5.05. The van der Waals surface area contributed by atoms with Crippen LogP contribution in [0.3, 0.4) is 0 Å². The first-order valence-corrected chi connectivity index (χ1v) is 7.48. The topological polar surface area (TPSA) is 33.5 Å². The predicted molar refractivity (Wildman–Crippen MR) is 88.5 cm³/mol. The van der Waals surface area contributed by atoms with Crippen LogP contribution in [-0.2, 0) is 6.54 Å². The zero-order valence-corrected chi connectivity index (χ0v) is 13.4. The molecule has 3 nitrogen and oxygen atoms in total. The molecule has 0 aliphatic rings. The first-order chi connectivity index (χ1) is 10.5. The number of nitrogens with zero attached hydrogens (tertiary/aromatic N) is 1. The summed E-state index contributed by atoms with van der Waals surface area (Å²) < 4.78 is 5.59. The summed E-state index contributed by atoms with van der Waals surface area (Å²) >= 11 is 12.0. The molecule has 0 aliphatic carbocycles. The van der Waals surface area contributed by atoms with Crippen LogP contribution in [0.5, 0.6) is 0 Å². The van der Waals surface area contributed by atoms with Crippen molar-refractivity contribution in [3.05, 3.63) is 69.9 Å². The van der Waals surface area contributed by atoms with Crippen LogP contribution < -0.4 is 0 Å². The predicted octanol–water partition coefficient (Wildman–Crippen LogP) is 5.01. The van der Waals surface area contributed by atoms with Gasteiger partial charge in [-0.05, 0) is 29.8 Å². The van der Waals surface area contributed by atoms with Gasteiger partial charge in [-0.1, -0.05) is 47.5 Å². The second kappa shape index (κ2) is 6.03. The Morgan fingerprint density at radius 3 is 2.64 bits per heavy atom. The summed E-state index contributed by atoms with van der Waals surface area (Å²) in [5.74, 6) is 0.121. The van der Waals surface area contributed by atoms with Crippen LogP contribution in [0.4, 0.5) is 0 Å². The average molecular weight is 334 g/mol. The average Bonchev–Trinajstić information content (AvgIpc) is 2.93. The minimum Gasteiger partial charge on any atom is -0.451 e. The highest BCUT2D eigenvalue weighted by Gasteiger charge is 2.17. The number of furan rings is 1. The Hall–Kier alpha value is -1.97. The number of para-hydroxylation sites is 1. The normalized spacial score (nSPS) is 10.9. The molecule has 0 radical (unpaired) electrons. The highest BCUT2D eigenvalue weighted by molar-refractivity contribution is 6.35. The number of halogens is 2. The van der Waals surface area contributed by atoms with Gasteiger partial charge in [0.15, 0.2) is 5.76 Å². The molecule has 0 atom stereocenters. The summed E-state index contributed by atoms with van der Waals surface area (Å²) in [5.41, 5.74) is 1.53. The fraction of sp³-hybridized carbons (Fsp3) is 0.118. The number of benzene rings is 2. The molecule has 0 saturated carbocycles. The Morgan fingerprint density at radius 2 is 1.91 bits per heavy atom. The molecule has 0 N–H and O–H groups in total. The SMILES string of the molecule is CN(Cc1ccc(Cl)cc1Cl)C(=O)c1cc2ccccc2o1. The van der Waals surface area contributed by atoms with E-state index in [-0.39, 0.29) is 5.91 Å². The van der Waals surface area contributed by atoms with Gasteiger partial charge in [0.25, 0.3) is 5.91 Å². The highest BCUT2D eigenvalue weighted by Crippen LogP contribution is 2.24. The third kappa shape index (κ3) is 2.96. The van der Waals surface area contributed by atoms with Crippen molar-refractivity contribution in [3.8, 4) is 0 Å². The number of hydrogen-bond acceptors (Lipinski definition) is 2. The van der Waals surface area contributed by atoms with Crippen LogP contribution in [0.25, 0.3) is 11.0 Å². The third-order valence-electron chi connectivity index (χ3n) is 3.41. The minimum absolute atomic E-state index is 0.192. The van der Waals surface area contributed by atoms with E-state index in [4.69, 9.17) is 27.6 Å². The maximum atomic E-state index is 12.5. The summed E-state index contributed by atoms with van der Waals surface area (Å²) in [6.45, 7) is 0.381. The van der Waals surface area contributed by atoms with Gasteiger partial charge < -0.3 is 9.32 Å². The fourth-order valence-corrected chi connectivity index (χ4v) is 2.72. The van der Waals surface area contributed by atoms with Crippen LogP contribution in [-0.4, -0.2) is 17.9 Å². The number of carbonyl (C=O) groups is 1.